The van der Waals surface area contributed by atoms with Crippen molar-refractivity contribution >= 4 is 22.7 Å². The van der Waals surface area contributed by atoms with Gasteiger partial charge in [-0.25, -0.2) is 4.79 Å². The van der Waals surface area contributed by atoms with Gasteiger partial charge in [-0.3, -0.25) is 14.6 Å². The van der Waals surface area contributed by atoms with E-state index in [2.05, 4.69) is 10.3 Å². The fraction of sp³-hybridized carbons (Fsp3) is 0.158. The first-order valence-electron chi connectivity index (χ1n) is 7.74. The van der Waals surface area contributed by atoms with Crippen LogP contribution in [0, 0.1) is 6.92 Å². The third kappa shape index (κ3) is 3.47. The van der Waals surface area contributed by atoms with Gasteiger partial charge in [0.1, 0.15) is 11.1 Å². The van der Waals surface area contributed by atoms with Crippen LogP contribution < -0.4 is 10.9 Å². The first-order chi connectivity index (χ1) is 12.0. The molecular weight excluding hydrogens is 320 g/mol. The number of amides is 1. The average molecular weight is 336 g/mol. The summed E-state index contributed by atoms with van der Waals surface area (Å²) in [6.45, 7) is 3.36. The highest BCUT2D eigenvalue weighted by Crippen LogP contribution is 2.13. The highest BCUT2D eigenvalue weighted by molar-refractivity contribution is 5.96. The zero-order valence-corrected chi connectivity index (χ0v) is 13.8. The fourth-order valence-corrected chi connectivity index (χ4v) is 2.57. The minimum Gasteiger partial charge on any atom is -0.422 e. The monoisotopic (exact) mass is 336 g/mol. The molecule has 0 atom stereocenters. The van der Waals surface area contributed by atoms with Crippen LogP contribution in [-0.4, -0.2) is 16.7 Å². The number of hydrogen-bond acceptors (Lipinski definition) is 5. The van der Waals surface area contributed by atoms with E-state index in [9.17, 15) is 14.4 Å². The molecule has 0 saturated carbocycles. The summed E-state index contributed by atoms with van der Waals surface area (Å²) in [5.41, 5.74) is 1.43. The first kappa shape index (κ1) is 16.6. The van der Waals surface area contributed by atoms with Crippen molar-refractivity contribution in [3.8, 4) is 0 Å². The Labute approximate surface area is 143 Å². The van der Waals surface area contributed by atoms with Crippen LogP contribution in [0.1, 0.15) is 39.0 Å². The van der Waals surface area contributed by atoms with Gasteiger partial charge in [-0.05, 0) is 38.1 Å². The van der Waals surface area contributed by atoms with E-state index in [1.165, 1.54) is 13.0 Å². The van der Waals surface area contributed by atoms with E-state index in [0.717, 1.165) is 0 Å². The van der Waals surface area contributed by atoms with Crippen molar-refractivity contribution in [3.05, 3.63) is 75.4 Å². The molecule has 2 aromatic heterocycles. The van der Waals surface area contributed by atoms with Crippen molar-refractivity contribution in [2.24, 2.45) is 0 Å². The van der Waals surface area contributed by atoms with Crippen LogP contribution in [-0.2, 0) is 6.54 Å². The van der Waals surface area contributed by atoms with Gasteiger partial charge in [0.25, 0.3) is 5.91 Å². The second-order valence-corrected chi connectivity index (χ2v) is 5.66. The fourth-order valence-electron chi connectivity index (χ4n) is 2.57. The van der Waals surface area contributed by atoms with Crippen LogP contribution in [0.2, 0.25) is 0 Å². The third-order valence-electron chi connectivity index (χ3n) is 3.84. The lowest BCUT2D eigenvalue weighted by molar-refractivity contribution is 0.0945. The lowest BCUT2D eigenvalue weighted by Gasteiger charge is -2.07. The number of benzene rings is 1. The van der Waals surface area contributed by atoms with Gasteiger partial charge in [0.15, 0.2) is 5.78 Å². The number of aryl methyl sites for hydroxylation is 1. The summed E-state index contributed by atoms with van der Waals surface area (Å²) < 4.78 is 5.16. The standard InChI is InChI=1S/C19H16N2O4/c1-11-15(12(2)22)8-7-14(21-11)10-20-18(23)16-9-13-5-3-4-6-17(13)25-19(16)24/h3-9H,10H2,1-2H3,(H,20,23). The molecule has 126 valence electrons. The Morgan fingerprint density at radius 1 is 1.12 bits per heavy atom. The molecule has 1 aromatic carbocycles. The molecular formula is C19H16N2O4. The Balaban J connectivity index is 1.79. The maximum absolute atomic E-state index is 12.3. The molecule has 0 radical (unpaired) electrons. The number of Topliss-reactive ketones (excluding diaryl/α,β-unsaturated/α-hetero) is 1. The summed E-state index contributed by atoms with van der Waals surface area (Å²) in [5, 5.41) is 3.32. The predicted molar refractivity (Wildman–Crippen MR) is 92.6 cm³/mol. The molecule has 6 nitrogen and oxygen atoms in total. The Morgan fingerprint density at radius 3 is 2.60 bits per heavy atom. The van der Waals surface area contributed by atoms with Crippen LogP contribution in [0.25, 0.3) is 11.0 Å². The van der Waals surface area contributed by atoms with Gasteiger partial charge < -0.3 is 9.73 Å². The van der Waals surface area contributed by atoms with Crippen molar-refractivity contribution in [3.63, 3.8) is 0 Å². The summed E-state index contributed by atoms with van der Waals surface area (Å²) >= 11 is 0. The summed E-state index contributed by atoms with van der Waals surface area (Å²) in [4.78, 5) is 40.0. The van der Waals surface area contributed by atoms with E-state index in [1.54, 1.807) is 43.3 Å². The van der Waals surface area contributed by atoms with Gasteiger partial charge in [0.05, 0.1) is 12.2 Å². The van der Waals surface area contributed by atoms with Crippen molar-refractivity contribution in [1.82, 2.24) is 10.3 Å². The SMILES string of the molecule is CC(=O)c1ccc(CNC(=O)c2cc3ccccc3oc2=O)nc1C. The maximum Gasteiger partial charge on any atom is 0.349 e. The molecule has 0 aliphatic heterocycles. The number of pyridine rings is 1. The highest BCUT2D eigenvalue weighted by atomic mass is 16.4. The van der Waals surface area contributed by atoms with Crippen molar-refractivity contribution in [2.75, 3.05) is 0 Å². The molecule has 0 bridgehead atoms. The van der Waals surface area contributed by atoms with E-state index in [0.29, 0.717) is 27.9 Å². The first-order valence-corrected chi connectivity index (χ1v) is 7.74. The lowest BCUT2D eigenvalue weighted by atomic mass is 10.1. The Bertz CT molecular complexity index is 1040. The smallest absolute Gasteiger partial charge is 0.349 e. The van der Waals surface area contributed by atoms with Crippen molar-refractivity contribution in [1.29, 1.82) is 0 Å². The molecule has 1 amide bonds. The van der Waals surface area contributed by atoms with Crippen molar-refractivity contribution < 1.29 is 14.0 Å². The normalized spacial score (nSPS) is 10.6. The second-order valence-electron chi connectivity index (χ2n) is 5.66. The molecule has 3 rings (SSSR count). The number of ketones is 1. The van der Waals surface area contributed by atoms with Crippen LogP contribution in [0.5, 0.6) is 0 Å². The van der Waals surface area contributed by atoms with Crippen LogP contribution in [0.15, 0.2) is 51.7 Å². The molecule has 3 aromatic rings. The van der Waals surface area contributed by atoms with Gasteiger partial charge in [0, 0.05) is 16.6 Å². The third-order valence-corrected chi connectivity index (χ3v) is 3.84. The second kappa shape index (κ2) is 6.68. The zero-order valence-electron chi connectivity index (χ0n) is 13.8. The van der Waals surface area contributed by atoms with Gasteiger partial charge >= 0.3 is 5.63 Å². The van der Waals surface area contributed by atoms with E-state index in [-0.39, 0.29) is 17.9 Å². The number of hydrogen-bond donors (Lipinski definition) is 1. The molecule has 25 heavy (non-hydrogen) atoms. The van der Waals surface area contributed by atoms with Gasteiger partial charge in [-0.1, -0.05) is 18.2 Å². The Hall–Kier alpha value is -3.28. The van der Waals surface area contributed by atoms with E-state index in [4.69, 9.17) is 4.42 Å². The Morgan fingerprint density at radius 2 is 1.88 bits per heavy atom. The molecule has 0 unspecified atom stereocenters. The number of aromatic nitrogens is 1. The van der Waals surface area contributed by atoms with Crippen LogP contribution in [0.4, 0.5) is 0 Å². The van der Waals surface area contributed by atoms with Crippen LogP contribution >= 0.6 is 0 Å². The number of para-hydroxylation sites is 1. The number of rotatable bonds is 4. The largest absolute Gasteiger partial charge is 0.422 e. The predicted octanol–water partition coefficient (Wildman–Crippen LogP) is 2.63. The van der Waals surface area contributed by atoms with Crippen LogP contribution in [0.3, 0.4) is 0 Å². The minimum atomic E-state index is -0.688. The molecule has 0 aliphatic rings. The zero-order chi connectivity index (χ0) is 18.0. The summed E-state index contributed by atoms with van der Waals surface area (Å²) in [5.74, 6) is -0.594. The van der Waals surface area contributed by atoms with Crippen molar-refractivity contribution in [2.45, 2.75) is 20.4 Å². The van der Waals surface area contributed by atoms with E-state index >= 15 is 0 Å². The van der Waals surface area contributed by atoms with Gasteiger partial charge in [0.2, 0.25) is 0 Å². The van der Waals surface area contributed by atoms with Gasteiger partial charge in [-0.2, -0.15) is 0 Å². The summed E-state index contributed by atoms with van der Waals surface area (Å²) in [6.07, 6.45) is 0. The molecule has 0 spiro atoms. The number of fused-ring (bicyclic) bond motifs is 1. The van der Waals surface area contributed by atoms with Gasteiger partial charge in [-0.15, -0.1) is 0 Å². The molecule has 0 aliphatic carbocycles. The van der Waals surface area contributed by atoms with E-state index < -0.39 is 11.5 Å². The molecule has 2 heterocycles. The maximum atomic E-state index is 12.3. The molecule has 0 saturated heterocycles. The quantitative estimate of drug-likeness (QED) is 0.584. The molecule has 1 N–H and O–H groups in total. The van der Waals surface area contributed by atoms with E-state index in [1.807, 2.05) is 0 Å². The topological polar surface area (TPSA) is 89.3 Å². The summed E-state index contributed by atoms with van der Waals surface area (Å²) in [7, 11) is 0. The molecule has 0 fully saturated rings. The minimum absolute atomic E-state index is 0.0595. The number of nitrogens with one attached hydrogen (secondary N) is 1. The lowest BCUT2D eigenvalue weighted by Crippen LogP contribution is -2.28. The summed E-state index contributed by atoms with van der Waals surface area (Å²) in [6, 6.07) is 11.8. The number of nitrogens with zero attached hydrogens (tertiary/aromatic N) is 1. The Kier molecular flexibility index (Phi) is 4.43. The molecule has 6 heteroatoms. The number of carbonyl (C=O) groups is 2. The number of carbonyl (C=O) groups excluding carboxylic acids is 2. The average Bonchev–Trinajstić information content (AvgIpc) is 2.58. The highest BCUT2D eigenvalue weighted by Gasteiger charge is 2.14.